The number of methoxy groups -OCH3 is 1. The number of nitrogens with one attached hydrogen (secondary N) is 1. The maximum Gasteiger partial charge on any atom is 0.270 e. The third-order valence-electron chi connectivity index (χ3n) is 3.37. The minimum Gasteiger partial charge on any atom is -0.496 e. The fourth-order valence-corrected chi connectivity index (χ4v) is 2.21. The van der Waals surface area contributed by atoms with Gasteiger partial charge >= 0.3 is 0 Å². The molecule has 3 aromatic rings. The number of carbonyl (C=O) groups is 1. The maximum atomic E-state index is 12.5. The number of nitro groups is 1. The molecule has 3 rings (SSSR count). The van der Waals surface area contributed by atoms with Gasteiger partial charge in [0.05, 0.1) is 17.6 Å². The highest BCUT2D eigenvalue weighted by molar-refractivity contribution is 6.06. The van der Waals surface area contributed by atoms with Gasteiger partial charge in [0.15, 0.2) is 0 Å². The molecular weight excluding hydrogens is 328 g/mol. The Morgan fingerprint density at radius 1 is 1.28 bits per heavy atom. The fraction of sp³-hybridized carbons (Fsp3) is 0.0625. The molecule has 0 saturated heterocycles. The van der Waals surface area contributed by atoms with Crippen molar-refractivity contribution in [3.8, 4) is 17.2 Å². The van der Waals surface area contributed by atoms with Crippen molar-refractivity contribution in [2.24, 2.45) is 0 Å². The van der Waals surface area contributed by atoms with E-state index in [1.165, 1.54) is 25.6 Å². The van der Waals surface area contributed by atoms with E-state index >= 15 is 0 Å². The van der Waals surface area contributed by atoms with E-state index in [2.05, 4.69) is 15.5 Å². The molecule has 0 aliphatic carbocycles. The van der Waals surface area contributed by atoms with E-state index in [9.17, 15) is 14.9 Å². The SMILES string of the molecule is COc1ccc([N+](=O)[O-])cc1C(=O)Nc1cccc(-c2nnco2)c1. The zero-order valence-corrected chi connectivity index (χ0v) is 13.0. The molecule has 1 aromatic heterocycles. The molecule has 1 heterocycles. The van der Waals surface area contributed by atoms with E-state index in [4.69, 9.17) is 9.15 Å². The number of non-ortho nitro benzene ring substituents is 1. The first-order valence-corrected chi connectivity index (χ1v) is 7.09. The summed E-state index contributed by atoms with van der Waals surface area (Å²) in [4.78, 5) is 22.8. The number of anilines is 1. The first-order chi connectivity index (χ1) is 12.1. The summed E-state index contributed by atoms with van der Waals surface area (Å²) in [5, 5.41) is 21.0. The number of carbonyl (C=O) groups excluding carboxylic acids is 1. The maximum absolute atomic E-state index is 12.5. The number of benzene rings is 2. The molecule has 9 nitrogen and oxygen atoms in total. The van der Waals surface area contributed by atoms with Gasteiger partial charge < -0.3 is 14.5 Å². The van der Waals surface area contributed by atoms with Crippen LogP contribution in [0.2, 0.25) is 0 Å². The highest BCUT2D eigenvalue weighted by atomic mass is 16.6. The number of ether oxygens (including phenoxy) is 1. The van der Waals surface area contributed by atoms with Crippen molar-refractivity contribution in [2.45, 2.75) is 0 Å². The molecule has 0 unspecified atom stereocenters. The summed E-state index contributed by atoms with van der Waals surface area (Å²) in [7, 11) is 1.38. The smallest absolute Gasteiger partial charge is 0.270 e. The minimum absolute atomic E-state index is 0.0555. The molecule has 0 saturated carbocycles. The molecule has 0 spiro atoms. The van der Waals surface area contributed by atoms with E-state index in [0.29, 0.717) is 17.1 Å². The lowest BCUT2D eigenvalue weighted by Crippen LogP contribution is -2.13. The van der Waals surface area contributed by atoms with Crippen LogP contribution in [0.1, 0.15) is 10.4 Å². The third kappa shape index (κ3) is 3.44. The summed E-state index contributed by atoms with van der Waals surface area (Å²) in [5.74, 6) is 0.00316. The Labute approximate surface area is 141 Å². The summed E-state index contributed by atoms with van der Waals surface area (Å²) in [6.07, 6.45) is 1.20. The number of nitro benzene ring substituents is 1. The van der Waals surface area contributed by atoms with Crippen molar-refractivity contribution in [3.63, 3.8) is 0 Å². The van der Waals surface area contributed by atoms with Gasteiger partial charge in [0.2, 0.25) is 12.3 Å². The van der Waals surface area contributed by atoms with Crippen LogP contribution in [-0.2, 0) is 0 Å². The number of hydrogen-bond acceptors (Lipinski definition) is 7. The second-order valence-electron chi connectivity index (χ2n) is 4.92. The quantitative estimate of drug-likeness (QED) is 0.560. The summed E-state index contributed by atoms with van der Waals surface area (Å²) in [6.45, 7) is 0. The normalized spacial score (nSPS) is 10.3. The number of hydrogen-bond donors (Lipinski definition) is 1. The van der Waals surface area contributed by atoms with Gasteiger partial charge in [-0.1, -0.05) is 6.07 Å². The van der Waals surface area contributed by atoms with E-state index in [1.807, 2.05) is 0 Å². The summed E-state index contributed by atoms with van der Waals surface area (Å²) in [5.41, 5.74) is 0.945. The van der Waals surface area contributed by atoms with Crippen LogP contribution in [0.15, 0.2) is 53.3 Å². The van der Waals surface area contributed by atoms with Gasteiger partial charge in [-0.2, -0.15) is 0 Å². The van der Waals surface area contributed by atoms with Crippen LogP contribution in [0.3, 0.4) is 0 Å². The fourth-order valence-electron chi connectivity index (χ4n) is 2.21. The summed E-state index contributed by atoms with van der Waals surface area (Å²) >= 11 is 0. The van der Waals surface area contributed by atoms with Crippen LogP contribution in [-0.4, -0.2) is 28.1 Å². The van der Waals surface area contributed by atoms with Crippen LogP contribution in [0.5, 0.6) is 5.75 Å². The molecule has 0 fully saturated rings. The Morgan fingerprint density at radius 3 is 2.80 bits per heavy atom. The van der Waals surface area contributed by atoms with Crippen molar-refractivity contribution in [3.05, 3.63) is 64.5 Å². The van der Waals surface area contributed by atoms with Gasteiger partial charge in [0, 0.05) is 23.4 Å². The Kier molecular flexibility index (Phi) is 4.38. The lowest BCUT2D eigenvalue weighted by atomic mass is 10.1. The molecular formula is C16H12N4O5. The van der Waals surface area contributed by atoms with Crippen LogP contribution in [0.25, 0.3) is 11.5 Å². The van der Waals surface area contributed by atoms with Crippen molar-refractivity contribution >= 4 is 17.3 Å². The highest BCUT2D eigenvalue weighted by Crippen LogP contribution is 2.26. The molecule has 0 bridgehead atoms. The standard InChI is InChI=1S/C16H12N4O5/c1-24-14-6-5-12(20(22)23)8-13(14)15(21)18-11-4-2-3-10(7-11)16-19-17-9-25-16/h2-9H,1H3,(H,18,21). The van der Waals surface area contributed by atoms with Crippen LogP contribution in [0.4, 0.5) is 11.4 Å². The molecule has 0 radical (unpaired) electrons. The summed E-state index contributed by atoms with van der Waals surface area (Å²) < 4.78 is 10.2. The van der Waals surface area contributed by atoms with Gasteiger partial charge in [-0.15, -0.1) is 10.2 Å². The Hall–Kier alpha value is -3.75. The average Bonchev–Trinajstić information content (AvgIpc) is 3.16. The molecule has 9 heteroatoms. The molecule has 25 heavy (non-hydrogen) atoms. The van der Waals surface area contributed by atoms with Crippen molar-refractivity contribution in [1.29, 1.82) is 0 Å². The van der Waals surface area contributed by atoms with Gasteiger partial charge in [0.1, 0.15) is 5.75 Å². The highest BCUT2D eigenvalue weighted by Gasteiger charge is 2.18. The summed E-state index contributed by atoms with van der Waals surface area (Å²) in [6, 6.07) is 10.6. The largest absolute Gasteiger partial charge is 0.496 e. The molecule has 0 atom stereocenters. The van der Waals surface area contributed by atoms with Gasteiger partial charge in [-0.05, 0) is 24.3 Å². The molecule has 126 valence electrons. The molecule has 2 aromatic carbocycles. The van der Waals surface area contributed by atoms with E-state index in [-0.39, 0.29) is 17.0 Å². The van der Waals surface area contributed by atoms with Crippen molar-refractivity contribution in [2.75, 3.05) is 12.4 Å². The van der Waals surface area contributed by atoms with Gasteiger partial charge in [0.25, 0.3) is 11.6 Å². The monoisotopic (exact) mass is 340 g/mol. The number of amides is 1. The van der Waals surface area contributed by atoms with E-state index in [0.717, 1.165) is 6.07 Å². The van der Waals surface area contributed by atoms with Crippen LogP contribution in [0, 0.1) is 10.1 Å². The second-order valence-corrected chi connectivity index (χ2v) is 4.92. The lowest BCUT2D eigenvalue weighted by Gasteiger charge is -2.09. The third-order valence-corrected chi connectivity index (χ3v) is 3.37. The predicted molar refractivity (Wildman–Crippen MR) is 87.3 cm³/mol. The molecule has 1 amide bonds. The minimum atomic E-state index is -0.577. The van der Waals surface area contributed by atoms with Crippen molar-refractivity contribution in [1.82, 2.24) is 10.2 Å². The average molecular weight is 340 g/mol. The van der Waals surface area contributed by atoms with Gasteiger partial charge in [-0.25, -0.2) is 0 Å². The number of rotatable bonds is 5. The van der Waals surface area contributed by atoms with Crippen molar-refractivity contribution < 1.29 is 18.9 Å². The molecule has 1 N–H and O–H groups in total. The number of aromatic nitrogens is 2. The zero-order valence-electron chi connectivity index (χ0n) is 13.0. The first-order valence-electron chi connectivity index (χ1n) is 7.09. The van der Waals surface area contributed by atoms with Gasteiger partial charge in [-0.3, -0.25) is 14.9 Å². The predicted octanol–water partition coefficient (Wildman–Crippen LogP) is 2.91. The molecule has 0 aliphatic heterocycles. The zero-order chi connectivity index (χ0) is 17.8. The first kappa shape index (κ1) is 16.1. The Morgan fingerprint density at radius 2 is 2.12 bits per heavy atom. The second kappa shape index (κ2) is 6.79. The topological polar surface area (TPSA) is 120 Å². The lowest BCUT2D eigenvalue weighted by molar-refractivity contribution is -0.384. The Balaban J connectivity index is 1.89. The Bertz CT molecular complexity index is 924. The molecule has 0 aliphatic rings. The van der Waals surface area contributed by atoms with E-state index in [1.54, 1.807) is 24.3 Å². The van der Waals surface area contributed by atoms with Crippen LogP contribution >= 0.6 is 0 Å². The van der Waals surface area contributed by atoms with Crippen LogP contribution < -0.4 is 10.1 Å². The number of nitrogens with zero attached hydrogens (tertiary/aromatic N) is 3. The van der Waals surface area contributed by atoms with E-state index < -0.39 is 10.8 Å².